The van der Waals surface area contributed by atoms with E-state index in [1.165, 1.54) is 18.2 Å². The average molecular weight is 417 g/mol. The molecule has 8 heteroatoms. The van der Waals surface area contributed by atoms with Gasteiger partial charge in [-0.25, -0.2) is 4.79 Å². The van der Waals surface area contributed by atoms with Crippen molar-refractivity contribution in [1.82, 2.24) is 10.2 Å². The number of nitro benzene ring substituents is 1. The molecule has 0 aromatic heterocycles. The third kappa shape index (κ3) is 3.31. The van der Waals surface area contributed by atoms with Gasteiger partial charge in [0.25, 0.3) is 11.6 Å². The number of Topliss-reactive ketones (excluding diaryl/α,β-unsaturated/α-hetero) is 1. The van der Waals surface area contributed by atoms with Crippen molar-refractivity contribution in [3.8, 4) is 0 Å². The summed E-state index contributed by atoms with van der Waals surface area (Å²) in [6, 6.07) is 16.4. The Labute approximate surface area is 177 Å². The molecule has 1 saturated heterocycles. The lowest BCUT2D eigenvalue weighted by Gasteiger charge is -2.24. The number of ketones is 1. The third-order valence-corrected chi connectivity index (χ3v) is 5.63. The zero-order valence-electron chi connectivity index (χ0n) is 16.9. The van der Waals surface area contributed by atoms with Gasteiger partial charge >= 0.3 is 6.03 Å². The first-order valence-corrected chi connectivity index (χ1v) is 9.63. The molecule has 1 fully saturated rings. The van der Waals surface area contributed by atoms with Crippen molar-refractivity contribution in [3.63, 3.8) is 0 Å². The van der Waals surface area contributed by atoms with Gasteiger partial charge in [-0.3, -0.25) is 24.6 Å². The maximum atomic E-state index is 13.3. The number of imide groups is 1. The van der Waals surface area contributed by atoms with Crippen LogP contribution in [0.4, 0.5) is 10.5 Å². The summed E-state index contributed by atoms with van der Waals surface area (Å²) >= 11 is 0. The molecule has 0 bridgehead atoms. The second kappa shape index (κ2) is 7.32. The van der Waals surface area contributed by atoms with Crippen molar-refractivity contribution in [3.05, 3.63) is 87.5 Å². The molecule has 0 radical (unpaired) electrons. The van der Waals surface area contributed by atoms with Crippen molar-refractivity contribution in [1.29, 1.82) is 0 Å². The van der Waals surface area contributed by atoms with Crippen LogP contribution in [0.25, 0.3) is 10.8 Å². The number of fused-ring (bicyclic) bond motifs is 1. The molecular formula is C23H19N3O5. The van der Waals surface area contributed by atoms with Gasteiger partial charge in [0.05, 0.1) is 11.5 Å². The molecule has 0 saturated carbocycles. The van der Waals surface area contributed by atoms with E-state index >= 15 is 0 Å². The van der Waals surface area contributed by atoms with Crippen LogP contribution in [0, 0.1) is 17.0 Å². The summed E-state index contributed by atoms with van der Waals surface area (Å²) in [5.74, 6) is -1.11. The highest BCUT2D eigenvalue weighted by molar-refractivity contribution is 6.12. The highest BCUT2D eigenvalue weighted by Crippen LogP contribution is 2.34. The van der Waals surface area contributed by atoms with E-state index in [1.807, 2.05) is 36.4 Å². The molecule has 3 amide bonds. The van der Waals surface area contributed by atoms with Crippen molar-refractivity contribution in [2.24, 2.45) is 0 Å². The smallest absolute Gasteiger partial charge is 0.319 e. The van der Waals surface area contributed by atoms with Crippen LogP contribution in [0.5, 0.6) is 0 Å². The lowest BCUT2D eigenvalue weighted by molar-refractivity contribution is -0.385. The van der Waals surface area contributed by atoms with E-state index in [9.17, 15) is 24.5 Å². The normalized spacial score (nSPS) is 18.3. The largest absolute Gasteiger partial charge is 0.325 e. The van der Waals surface area contributed by atoms with Crippen LogP contribution in [-0.2, 0) is 10.3 Å². The number of carbonyl (C=O) groups is 3. The lowest BCUT2D eigenvalue weighted by Crippen LogP contribution is -2.41. The molecule has 1 aliphatic heterocycles. The Balaban J connectivity index is 1.65. The first-order chi connectivity index (χ1) is 14.7. The highest BCUT2D eigenvalue weighted by Gasteiger charge is 2.50. The monoisotopic (exact) mass is 417 g/mol. The van der Waals surface area contributed by atoms with Crippen LogP contribution in [0.15, 0.2) is 60.7 Å². The van der Waals surface area contributed by atoms with Gasteiger partial charge in [-0.05, 0) is 30.2 Å². The number of nitrogens with one attached hydrogen (secondary N) is 1. The summed E-state index contributed by atoms with van der Waals surface area (Å²) in [6.45, 7) is 2.67. The Morgan fingerprint density at radius 3 is 2.55 bits per heavy atom. The summed E-state index contributed by atoms with van der Waals surface area (Å²) in [7, 11) is 0. The van der Waals surface area contributed by atoms with Gasteiger partial charge in [-0.1, -0.05) is 54.6 Å². The van der Waals surface area contributed by atoms with Gasteiger partial charge < -0.3 is 5.32 Å². The van der Waals surface area contributed by atoms with E-state index in [0.717, 1.165) is 15.7 Å². The molecule has 1 heterocycles. The third-order valence-electron chi connectivity index (χ3n) is 5.63. The van der Waals surface area contributed by atoms with Crippen molar-refractivity contribution in [2.45, 2.75) is 19.4 Å². The van der Waals surface area contributed by atoms with Crippen LogP contribution in [0.1, 0.15) is 28.4 Å². The van der Waals surface area contributed by atoms with Gasteiger partial charge in [0, 0.05) is 17.2 Å². The minimum atomic E-state index is -1.34. The Morgan fingerprint density at radius 2 is 1.81 bits per heavy atom. The molecule has 4 rings (SSSR count). The fraction of sp³-hybridized carbons (Fsp3) is 0.174. The topological polar surface area (TPSA) is 110 Å². The molecule has 1 atom stereocenters. The summed E-state index contributed by atoms with van der Waals surface area (Å²) in [4.78, 5) is 50.1. The fourth-order valence-electron chi connectivity index (χ4n) is 3.90. The molecule has 1 aliphatic rings. The standard InChI is InChI=1S/C23H19N3O5/c1-14-10-11-16(12-19(14)26(30)31)20(27)13-25-21(28)23(2,24-22(25)29)18-9-5-7-15-6-3-4-8-17(15)18/h3-12H,13H2,1-2H3,(H,24,29)/t23-/m1/s1. The number of nitro groups is 1. The summed E-state index contributed by atoms with van der Waals surface area (Å²) < 4.78 is 0. The Morgan fingerprint density at radius 1 is 1.10 bits per heavy atom. The molecule has 3 aromatic carbocycles. The van der Waals surface area contributed by atoms with E-state index < -0.39 is 34.7 Å². The average Bonchev–Trinajstić information content (AvgIpc) is 2.97. The minimum absolute atomic E-state index is 0.0664. The van der Waals surface area contributed by atoms with Gasteiger partial charge in [0.1, 0.15) is 5.54 Å². The maximum absolute atomic E-state index is 13.3. The van der Waals surface area contributed by atoms with Crippen molar-refractivity contribution in [2.75, 3.05) is 6.54 Å². The van der Waals surface area contributed by atoms with Gasteiger partial charge in [-0.2, -0.15) is 0 Å². The SMILES string of the molecule is Cc1ccc(C(=O)CN2C(=O)N[C@](C)(c3cccc4ccccc34)C2=O)cc1[N+](=O)[O-]. The number of amides is 3. The molecule has 0 unspecified atom stereocenters. The van der Waals surface area contributed by atoms with E-state index in [4.69, 9.17) is 0 Å². The van der Waals surface area contributed by atoms with E-state index in [-0.39, 0.29) is 11.3 Å². The van der Waals surface area contributed by atoms with Crippen LogP contribution in [-0.4, -0.2) is 34.1 Å². The number of hydrogen-bond acceptors (Lipinski definition) is 5. The first kappa shape index (κ1) is 20.2. The number of aryl methyl sites for hydroxylation is 1. The number of hydrogen-bond donors (Lipinski definition) is 1. The lowest BCUT2D eigenvalue weighted by atomic mass is 9.88. The van der Waals surface area contributed by atoms with Crippen molar-refractivity contribution >= 4 is 34.2 Å². The van der Waals surface area contributed by atoms with Crippen LogP contribution in [0.2, 0.25) is 0 Å². The molecule has 1 N–H and O–H groups in total. The molecule has 3 aromatic rings. The Hall–Kier alpha value is -4.07. The number of benzene rings is 3. The number of nitrogens with zero attached hydrogens (tertiary/aromatic N) is 2. The van der Waals surface area contributed by atoms with Crippen LogP contribution < -0.4 is 5.32 Å². The summed E-state index contributed by atoms with van der Waals surface area (Å²) in [5, 5.41) is 15.6. The molecule has 0 aliphatic carbocycles. The quantitative estimate of drug-likeness (QED) is 0.295. The summed E-state index contributed by atoms with van der Waals surface area (Å²) in [5.41, 5.74) is -0.414. The first-order valence-electron chi connectivity index (χ1n) is 9.63. The second-order valence-corrected chi connectivity index (χ2v) is 7.65. The zero-order valence-corrected chi connectivity index (χ0v) is 16.9. The molecular weight excluding hydrogens is 398 g/mol. The van der Waals surface area contributed by atoms with Gasteiger partial charge in [0.2, 0.25) is 0 Å². The Kier molecular flexibility index (Phi) is 4.77. The zero-order chi connectivity index (χ0) is 22.3. The molecule has 8 nitrogen and oxygen atoms in total. The Bertz CT molecular complexity index is 1260. The minimum Gasteiger partial charge on any atom is -0.319 e. The van der Waals surface area contributed by atoms with Crippen LogP contribution in [0.3, 0.4) is 0 Å². The molecule has 0 spiro atoms. The van der Waals surface area contributed by atoms with E-state index in [1.54, 1.807) is 19.9 Å². The number of rotatable bonds is 5. The summed E-state index contributed by atoms with van der Waals surface area (Å²) in [6.07, 6.45) is 0. The number of urea groups is 1. The predicted octanol–water partition coefficient (Wildman–Crippen LogP) is 3.71. The van der Waals surface area contributed by atoms with Crippen molar-refractivity contribution < 1.29 is 19.3 Å². The predicted molar refractivity (Wildman–Crippen MR) is 114 cm³/mol. The van der Waals surface area contributed by atoms with Gasteiger partial charge in [0.15, 0.2) is 5.78 Å². The fourth-order valence-corrected chi connectivity index (χ4v) is 3.90. The van der Waals surface area contributed by atoms with Gasteiger partial charge in [-0.15, -0.1) is 0 Å². The van der Waals surface area contributed by atoms with Crippen LogP contribution >= 0.6 is 0 Å². The molecule has 31 heavy (non-hydrogen) atoms. The maximum Gasteiger partial charge on any atom is 0.325 e. The highest BCUT2D eigenvalue weighted by atomic mass is 16.6. The van der Waals surface area contributed by atoms with E-state index in [0.29, 0.717) is 11.1 Å². The van der Waals surface area contributed by atoms with E-state index in [2.05, 4.69) is 5.32 Å². The molecule has 156 valence electrons. The number of carbonyl (C=O) groups excluding carboxylic acids is 3. The second-order valence-electron chi connectivity index (χ2n) is 7.65.